The summed E-state index contributed by atoms with van der Waals surface area (Å²) in [5, 5.41) is 3.20. The number of nitrogens with one attached hydrogen (secondary N) is 1. The Morgan fingerprint density at radius 1 is 1.15 bits per heavy atom. The smallest absolute Gasteiger partial charge is 0.311 e. The molecule has 8 heteroatoms. The molecule has 1 N–H and O–H groups in total. The van der Waals surface area contributed by atoms with Crippen molar-refractivity contribution in [3.05, 3.63) is 58.0 Å². The van der Waals surface area contributed by atoms with E-state index >= 15 is 0 Å². The maximum absolute atomic E-state index is 12.2. The fraction of sp³-hybridized carbons (Fsp3) is 0.211. The van der Waals surface area contributed by atoms with Crippen molar-refractivity contribution in [3.63, 3.8) is 0 Å². The largest absolute Gasteiger partial charge is 0.455 e. The SMILES string of the molecule is O=C(COC(=O)[C@@H]1CC(=O)N(c2ccc(Cl)cc2)C1)Nc1ccc(Br)cc1. The third-order valence-electron chi connectivity index (χ3n) is 4.07. The number of anilines is 2. The topological polar surface area (TPSA) is 75.7 Å². The standard InChI is InChI=1S/C19H16BrClN2O4/c20-13-1-5-15(6-2-13)22-17(24)11-27-19(26)12-9-18(25)23(10-12)16-7-3-14(21)4-8-16/h1-8,12H,9-11H2,(H,22,24)/t12-/m1/s1. The second-order valence-electron chi connectivity index (χ2n) is 6.04. The van der Waals surface area contributed by atoms with E-state index in [1.807, 2.05) is 0 Å². The molecule has 1 atom stereocenters. The average Bonchev–Trinajstić information content (AvgIpc) is 3.04. The van der Waals surface area contributed by atoms with Crippen LogP contribution in [-0.4, -0.2) is 30.9 Å². The Hall–Kier alpha value is -2.38. The Morgan fingerprint density at radius 3 is 2.48 bits per heavy atom. The van der Waals surface area contributed by atoms with Crippen LogP contribution in [0.25, 0.3) is 0 Å². The second-order valence-corrected chi connectivity index (χ2v) is 7.40. The van der Waals surface area contributed by atoms with Gasteiger partial charge in [-0.2, -0.15) is 0 Å². The fourth-order valence-electron chi connectivity index (χ4n) is 2.72. The fourth-order valence-corrected chi connectivity index (χ4v) is 3.11. The van der Waals surface area contributed by atoms with Gasteiger partial charge in [0.15, 0.2) is 6.61 Å². The quantitative estimate of drug-likeness (QED) is 0.704. The molecule has 3 rings (SSSR count). The highest BCUT2D eigenvalue weighted by Crippen LogP contribution is 2.27. The van der Waals surface area contributed by atoms with E-state index in [2.05, 4.69) is 21.2 Å². The number of carbonyl (C=O) groups excluding carboxylic acids is 3. The Morgan fingerprint density at radius 2 is 1.81 bits per heavy atom. The van der Waals surface area contributed by atoms with Crippen LogP contribution >= 0.6 is 27.5 Å². The monoisotopic (exact) mass is 450 g/mol. The van der Waals surface area contributed by atoms with Crippen LogP contribution in [0, 0.1) is 5.92 Å². The molecule has 0 radical (unpaired) electrons. The molecular weight excluding hydrogens is 436 g/mol. The summed E-state index contributed by atoms with van der Waals surface area (Å²) in [6.07, 6.45) is 0.0514. The summed E-state index contributed by atoms with van der Waals surface area (Å²) in [5.41, 5.74) is 1.27. The van der Waals surface area contributed by atoms with Crippen LogP contribution in [-0.2, 0) is 19.1 Å². The summed E-state index contributed by atoms with van der Waals surface area (Å²) >= 11 is 9.16. The summed E-state index contributed by atoms with van der Waals surface area (Å²) < 4.78 is 5.97. The van der Waals surface area contributed by atoms with Crippen LogP contribution in [0.4, 0.5) is 11.4 Å². The van der Waals surface area contributed by atoms with Crippen LogP contribution in [0.15, 0.2) is 53.0 Å². The van der Waals surface area contributed by atoms with E-state index in [1.165, 1.54) is 4.90 Å². The highest BCUT2D eigenvalue weighted by Gasteiger charge is 2.36. The third kappa shape index (κ3) is 5.08. The lowest BCUT2D eigenvalue weighted by atomic mass is 10.1. The Balaban J connectivity index is 1.51. The zero-order valence-corrected chi connectivity index (χ0v) is 16.5. The molecule has 6 nitrogen and oxygen atoms in total. The molecule has 27 heavy (non-hydrogen) atoms. The van der Waals surface area contributed by atoms with Crippen molar-refractivity contribution >= 4 is 56.7 Å². The van der Waals surface area contributed by atoms with Crippen LogP contribution in [0.3, 0.4) is 0 Å². The average molecular weight is 452 g/mol. The lowest BCUT2D eigenvalue weighted by Gasteiger charge is -2.16. The van der Waals surface area contributed by atoms with Gasteiger partial charge in [-0.3, -0.25) is 14.4 Å². The lowest BCUT2D eigenvalue weighted by Crippen LogP contribution is -2.28. The molecular formula is C19H16BrClN2O4. The molecule has 1 aliphatic heterocycles. The van der Waals surface area contributed by atoms with Crippen LogP contribution < -0.4 is 10.2 Å². The zero-order chi connectivity index (χ0) is 19.4. The van der Waals surface area contributed by atoms with Gasteiger partial charge in [-0.25, -0.2) is 0 Å². The van der Waals surface area contributed by atoms with E-state index in [4.69, 9.17) is 16.3 Å². The number of carbonyl (C=O) groups is 3. The number of hydrogen-bond acceptors (Lipinski definition) is 4. The van der Waals surface area contributed by atoms with Crippen molar-refractivity contribution in [3.8, 4) is 0 Å². The first-order valence-corrected chi connectivity index (χ1v) is 9.37. The summed E-state index contributed by atoms with van der Waals surface area (Å²) in [6.45, 7) is -0.186. The van der Waals surface area contributed by atoms with Crippen LogP contribution in [0.2, 0.25) is 5.02 Å². The molecule has 0 unspecified atom stereocenters. The minimum Gasteiger partial charge on any atom is -0.455 e. The number of amides is 2. The molecule has 0 aromatic heterocycles. The minimum atomic E-state index is -0.603. The van der Waals surface area contributed by atoms with E-state index in [0.29, 0.717) is 16.4 Å². The number of halogens is 2. The highest BCUT2D eigenvalue weighted by atomic mass is 79.9. The first-order chi connectivity index (χ1) is 12.9. The van der Waals surface area contributed by atoms with Crippen molar-refractivity contribution in [2.75, 3.05) is 23.4 Å². The molecule has 2 aromatic rings. The molecule has 2 aromatic carbocycles. The van der Waals surface area contributed by atoms with Gasteiger partial charge in [-0.15, -0.1) is 0 Å². The Bertz CT molecular complexity index is 855. The Labute approximate surface area is 169 Å². The van der Waals surface area contributed by atoms with E-state index < -0.39 is 24.4 Å². The predicted octanol–water partition coefficient (Wildman–Crippen LogP) is 3.64. The van der Waals surface area contributed by atoms with E-state index in [-0.39, 0.29) is 18.9 Å². The van der Waals surface area contributed by atoms with E-state index in [1.54, 1.807) is 48.5 Å². The van der Waals surface area contributed by atoms with E-state index in [0.717, 1.165) is 4.47 Å². The summed E-state index contributed by atoms with van der Waals surface area (Å²) in [6, 6.07) is 13.8. The minimum absolute atomic E-state index is 0.0514. The summed E-state index contributed by atoms with van der Waals surface area (Å²) in [4.78, 5) is 37.8. The predicted molar refractivity (Wildman–Crippen MR) is 106 cm³/mol. The third-order valence-corrected chi connectivity index (χ3v) is 4.85. The van der Waals surface area contributed by atoms with Crippen LogP contribution in [0.1, 0.15) is 6.42 Å². The summed E-state index contributed by atoms with van der Waals surface area (Å²) in [5.74, 6) is -1.78. The molecule has 140 valence electrons. The van der Waals surface area contributed by atoms with E-state index in [9.17, 15) is 14.4 Å². The molecule has 0 saturated carbocycles. The maximum atomic E-state index is 12.2. The van der Waals surface area contributed by atoms with Crippen molar-refractivity contribution in [2.45, 2.75) is 6.42 Å². The molecule has 0 aliphatic carbocycles. The molecule has 1 heterocycles. The van der Waals surface area contributed by atoms with Crippen LogP contribution in [0.5, 0.6) is 0 Å². The normalized spacial score (nSPS) is 16.3. The molecule has 1 aliphatic rings. The van der Waals surface area contributed by atoms with Crippen molar-refractivity contribution in [1.82, 2.24) is 0 Å². The van der Waals surface area contributed by atoms with Gasteiger partial charge in [0, 0.05) is 33.8 Å². The molecule has 0 spiro atoms. The van der Waals surface area contributed by atoms with Crippen molar-refractivity contribution in [1.29, 1.82) is 0 Å². The zero-order valence-electron chi connectivity index (χ0n) is 14.2. The van der Waals surface area contributed by atoms with Gasteiger partial charge >= 0.3 is 5.97 Å². The van der Waals surface area contributed by atoms with Gasteiger partial charge in [0.2, 0.25) is 5.91 Å². The van der Waals surface area contributed by atoms with Gasteiger partial charge in [0.25, 0.3) is 5.91 Å². The second kappa shape index (κ2) is 8.54. The number of rotatable bonds is 5. The first kappa shape index (κ1) is 19.4. The first-order valence-electron chi connectivity index (χ1n) is 8.20. The molecule has 0 bridgehead atoms. The highest BCUT2D eigenvalue weighted by molar-refractivity contribution is 9.10. The molecule has 1 fully saturated rings. The molecule has 1 saturated heterocycles. The van der Waals surface area contributed by atoms with Crippen molar-refractivity contribution < 1.29 is 19.1 Å². The molecule has 2 amide bonds. The number of hydrogen-bond donors (Lipinski definition) is 1. The maximum Gasteiger partial charge on any atom is 0.311 e. The number of benzene rings is 2. The number of ether oxygens (including phenoxy) is 1. The Kier molecular flexibility index (Phi) is 6.13. The van der Waals surface area contributed by atoms with Crippen molar-refractivity contribution in [2.24, 2.45) is 5.92 Å². The van der Waals surface area contributed by atoms with Gasteiger partial charge in [0.1, 0.15) is 0 Å². The number of esters is 1. The lowest BCUT2D eigenvalue weighted by molar-refractivity contribution is -0.151. The number of nitrogens with zero attached hydrogens (tertiary/aromatic N) is 1. The van der Waals surface area contributed by atoms with Gasteiger partial charge in [-0.05, 0) is 48.5 Å². The summed E-state index contributed by atoms with van der Waals surface area (Å²) in [7, 11) is 0. The van der Waals surface area contributed by atoms with Gasteiger partial charge in [-0.1, -0.05) is 27.5 Å². The van der Waals surface area contributed by atoms with Gasteiger partial charge < -0.3 is 15.0 Å². The van der Waals surface area contributed by atoms with Gasteiger partial charge in [0.05, 0.1) is 5.92 Å².